The summed E-state index contributed by atoms with van der Waals surface area (Å²) in [5, 5.41) is 12.7. The third kappa shape index (κ3) is 4.82. The van der Waals surface area contributed by atoms with E-state index in [1.807, 2.05) is 48.7 Å². The van der Waals surface area contributed by atoms with Crippen molar-refractivity contribution in [3.63, 3.8) is 0 Å². The lowest BCUT2D eigenvalue weighted by Gasteiger charge is -2.36. The number of aliphatic hydroxyl groups excluding tert-OH is 1. The number of rotatable bonds is 6. The highest BCUT2D eigenvalue weighted by Gasteiger charge is 2.20. The predicted octanol–water partition coefficient (Wildman–Crippen LogP) is 3.56. The number of pyridine rings is 1. The lowest BCUT2D eigenvalue weighted by atomic mass is 10.1. The molecular weight excluding hydrogens is 418 g/mol. The number of fused-ring (bicyclic) bond motifs is 1. The molecule has 2 heterocycles. The van der Waals surface area contributed by atoms with E-state index in [1.165, 1.54) is 0 Å². The fraction of sp³-hybridized carbons (Fsp3) is 0.318. The van der Waals surface area contributed by atoms with Gasteiger partial charge in [-0.2, -0.15) is 0 Å². The first-order valence-electron chi connectivity index (χ1n) is 9.56. The van der Waals surface area contributed by atoms with E-state index in [4.69, 9.17) is 4.74 Å². The molecule has 146 valence electrons. The van der Waals surface area contributed by atoms with Crippen LogP contribution >= 0.6 is 15.9 Å². The molecule has 1 fully saturated rings. The fourth-order valence-electron chi connectivity index (χ4n) is 3.53. The molecule has 0 bridgehead atoms. The number of β-amino-alcohol motifs (C(OH)–C–C–N with tert-alkyl or cyclic N) is 1. The van der Waals surface area contributed by atoms with Crippen molar-refractivity contribution in [2.24, 2.45) is 0 Å². The van der Waals surface area contributed by atoms with Crippen LogP contribution in [-0.4, -0.2) is 60.4 Å². The van der Waals surface area contributed by atoms with Gasteiger partial charge in [0, 0.05) is 43.4 Å². The Morgan fingerprint density at radius 2 is 1.79 bits per heavy atom. The van der Waals surface area contributed by atoms with Gasteiger partial charge in [-0.1, -0.05) is 34.1 Å². The Labute approximate surface area is 173 Å². The highest BCUT2D eigenvalue weighted by atomic mass is 79.9. The molecule has 1 aliphatic heterocycles. The number of anilines is 1. The van der Waals surface area contributed by atoms with Gasteiger partial charge in [-0.15, -0.1) is 0 Å². The molecule has 1 N–H and O–H groups in total. The van der Waals surface area contributed by atoms with Crippen LogP contribution in [0.15, 0.2) is 65.3 Å². The molecule has 0 saturated carbocycles. The number of nitrogens with zero attached hydrogens (tertiary/aromatic N) is 3. The van der Waals surface area contributed by atoms with E-state index in [9.17, 15) is 5.11 Å². The van der Waals surface area contributed by atoms with Crippen molar-refractivity contribution in [2.45, 2.75) is 6.10 Å². The number of hydrogen-bond donors (Lipinski definition) is 1. The number of aliphatic hydroxyl groups is 1. The van der Waals surface area contributed by atoms with E-state index in [0.717, 1.165) is 53.0 Å². The molecule has 1 aromatic heterocycles. The summed E-state index contributed by atoms with van der Waals surface area (Å²) in [6.45, 7) is 4.59. The van der Waals surface area contributed by atoms with Gasteiger partial charge in [0.1, 0.15) is 24.3 Å². The zero-order chi connectivity index (χ0) is 19.3. The zero-order valence-electron chi connectivity index (χ0n) is 15.7. The standard InChI is InChI=1S/C22H24BrN3O2/c23-19-6-4-18-14-21(7-5-17(18)13-19)28-16-20(27)15-25-9-11-26(12-10-25)22-3-1-2-8-24-22/h1-8,13-14,20,27H,9-12,15-16H2/t20-/m1/s1. The number of benzene rings is 2. The average molecular weight is 442 g/mol. The molecule has 0 amide bonds. The summed E-state index contributed by atoms with van der Waals surface area (Å²) >= 11 is 3.49. The highest BCUT2D eigenvalue weighted by Crippen LogP contribution is 2.24. The van der Waals surface area contributed by atoms with E-state index in [-0.39, 0.29) is 0 Å². The van der Waals surface area contributed by atoms with Crippen LogP contribution in [0.3, 0.4) is 0 Å². The lowest BCUT2D eigenvalue weighted by Crippen LogP contribution is -2.49. The Morgan fingerprint density at radius 1 is 1.00 bits per heavy atom. The maximum Gasteiger partial charge on any atom is 0.128 e. The Balaban J connectivity index is 1.25. The topological polar surface area (TPSA) is 48.8 Å². The van der Waals surface area contributed by atoms with Crippen LogP contribution in [0, 0.1) is 0 Å². The first kappa shape index (κ1) is 19.2. The summed E-state index contributed by atoms with van der Waals surface area (Å²) in [7, 11) is 0. The molecule has 5 nitrogen and oxygen atoms in total. The van der Waals surface area contributed by atoms with E-state index in [0.29, 0.717) is 13.2 Å². The molecule has 3 aromatic rings. The minimum Gasteiger partial charge on any atom is -0.491 e. The second kappa shape index (κ2) is 8.90. The summed E-state index contributed by atoms with van der Waals surface area (Å²) in [6, 6.07) is 18.2. The van der Waals surface area contributed by atoms with E-state index < -0.39 is 6.10 Å². The maximum absolute atomic E-state index is 10.4. The van der Waals surface area contributed by atoms with Gasteiger partial charge in [0.2, 0.25) is 0 Å². The second-order valence-corrected chi connectivity index (χ2v) is 8.01. The van der Waals surface area contributed by atoms with Gasteiger partial charge < -0.3 is 14.7 Å². The molecule has 6 heteroatoms. The zero-order valence-corrected chi connectivity index (χ0v) is 17.3. The van der Waals surface area contributed by atoms with Gasteiger partial charge in [-0.05, 0) is 47.2 Å². The van der Waals surface area contributed by atoms with Crippen molar-refractivity contribution in [1.82, 2.24) is 9.88 Å². The van der Waals surface area contributed by atoms with Crippen LogP contribution in [-0.2, 0) is 0 Å². The Kier molecular flexibility index (Phi) is 6.10. The molecule has 4 rings (SSSR count). The first-order valence-corrected chi connectivity index (χ1v) is 10.4. The van der Waals surface area contributed by atoms with Gasteiger partial charge in [0.25, 0.3) is 0 Å². The Morgan fingerprint density at radius 3 is 2.57 bits per heavy atom. The summed E-state index contributed by atoms with van der Waals surface area (Å²) in [5.41, 5.74) is 0. The minimum absolute atomic E-state index is 0.294. The Bertz CT molecular complexity index is 914. The van der Waals surface area contributed by atoms with Gasteiger partial charge in [-0.3, -0.25) is 4.90 Å². The predicted molar refractivity (Wildman–Crippen MR) is 116 cm³/mol. The van der Waals surface area contributed by atoms with Crippen molar-refractivity contribution in [3.8, 4) is 5.75 Å². The Hall–Kier alpha value is -2.15. The van der Waals surface area contributed by atoms with Crippen molar-refractivity contribution in [2.75, 3.05) is 44.2 Å². The van der Waals surface area contributed by atoms with Crippen molar-refractivity contribution in [3.05, 3.63) is 65.3 Å². The van der Waals surface area contributed by atoms with Gasteiger partial charge in [0.15, 0.2) is 0 Å². The molecule has 2 aromatic carbocycles. The smallest absolute Gasteiger partial charge is 0.128 e. The van der Waals surface area contributed by atoms with Gasteiger partial charge >= 0.3 is 0 Å². The molecular formula is C22H24BrN3O2. The van der Waals surface area contributed by atoms with E-state index in [1.54, 1.807) is 0 Å². The summed E-state index contributed by atoms with van der Waals surface area (Å²) in [4.78, 5) is 8.98. The third-order valence-electron chi connectivity index (χ3n) is 5.03. The summed E-state index contributed by atoms with van der Waals surface area (Å²) in [6.07, 6.45) is 1.32. The van der Waals surface area contributed by atoms with Crippen molar-refractivity contribution >= 4 is 32.5 Å². The number of aromatic nitrogens is 1. The molecule has 0 spiro atoms. The molecule has 0 unspecified atom stereocenters. The van der Waals surface area contributed by atoms with Crippen LogP contribution in [0.4, 0.5) is 5.82 Å². The summed E-state index contributed by atoms with van der Waals surface area (Å²) < 4.78 is 6.89. The van der Waals surface area contributed by atoms with Gasteiger partial charge in [0.05, 0.1) is 0 Å². The number of ether oxygens (including phenoxy) is 1. The largest absolute Gasteiger partial charge is 0.491 e. The van der Waals surface area contributed by atoms with Crippen LogP contribution in [0.1, 0.15) is 0 Å². The molecule has 28 heavy (non-hydrogen) atoms. The second-order valence-electron chi connectivity index (χ2n) is 7.09. The van der Waals surface area contributed by atoms with Crippen LogP contribution < -0.4 is 9.64 Å². The summed E-state index contributed by atoms with van der Waals surface area (Å²) in [5.74, 6) is 1.81. The quantitative estimate of drug-likeness (QED) is 0.633. The average Bonchev–Trinajstić information content (AvgIpc) is 2.73. The number of halogens is 1. The first-order chi connectivity index (χ1) is 13.7. The van der Waals surface area contributed by atoms with Crippen LogP contribution in [0.25, 0.3) is 10.8 Å². The molecule has 1 saturated heterocycles. The number of hydrogen-bond acceptors (Lipinski definition) is 5. The van der Waals surface area contributed by atoms with Crippen LogP contribution in [0.2, 0.25) is 0 Å². The minimum atomic E-state index is -0.512. The normalized spacial score (nSPS) is 16.3. The van der Waals surface area contributed by atoms with E-state index >= 15 is 0 Å². The van der Waals surface area contributed by atoms with E-state index in [2.05, 4.69) is 42.8 Å². The molecule has 1 atom stereocenters. The van der Waals surface area contributed by atoms with Gasteiger partial charge in [-0.25, -0.2) is 4.98 Å². The van der Waals surface area contributed by atoms with Crippen molar-refractivity contribution in [1.29, 1.82) is 0 Å². The maximum atomic E-state index is 10.4. The van der Waals surface area contributed by atoms with Crippen LogP contribution in [0.5, 0.6) is 5.75 Å². The molecule has 1 aliphatic rings. The SMILES string of the molecule is O[C@@H](COc1ccc2cc(Br)ccc2c1)CN1CCN(c2ccccn2)CC1. The monoisotopic (exact) mass is 441 g/mol. The van der Waals surface area contributed by atoms with Crippen molar-refractivity contribution < 1.29 is 9.84 Å². The molecule has 0 aliphatic carbocycles. The third-order valence-corrected chi connectivity index (χ3v) is 5.52. The molecule has 0 radical (unpaired) electrons. The number of piperazine rings is 1. The lowest BCUT2D eigenvalue weighted by molar-refractivity contribution is 0.0663. The fourth-order valence-corrected chi connectivity index (χ4v) is 3.91. The highest BCUT2D eigenvalue weighted by molar-refractivity contribution is 9.10.